The van der Waals surface area contributed by atoms with Crippen molar-refractivity contribution in [3.05, 3.63) is 83.1 Å². The van der Waals surface area contributed by atoms with Crippen molar-refractivity contribution in [2.24, 2.45) is 0 Å². The normalized spacial score (nSPS) is 11.0. The summed E-state index contributed by atoms with van der Waals surface area (Å²) in [6.45, 7) is 4.68. The SMILES string of the molecule is CCOc1c(F)c(-c2cccc(C)c2)nn1CCOc1ccc(-c2ccccc2SC)cc1Cl. The highest BCUT2D eigenvalue weighted by Crippen LogP contribution is 2.35. The van der Waals surface area contributed by atoms with Gasteiger partial charge in [0.2, 0.25) is 11.7 Å². The molecule has 4 rings (SSSR count). The molecule has 7 heteroatoms. The van der Waals surface area contributed by atoms with E-state index in [9.17, 15) is 0 Å². The van der Waals surface area contributed by atoms with Crippen LogP contribution in [0.15, 0.2) is 71.6 Å². The van der Waals surface area contributed by atoms with Gasteiger partial charge in [-0.1, -0.05) is 59.6 Å². The molecule has 0 N–H and O–H groups in total. The maximum Gasteiger partial charge on any atom is 0.249 e. The van der Waals surface area contributed by atoms with E-state index in [0.29, 0.717) is 29.5 Å². The van der Waals surface area contributed by atoms with Crippen LogP contribution in [-0.4, -0.2) is 29.3 Å². The van der Waals surface area contributed by atoms with Crippen molar-refractivity contribution in [1.29, 1.82) is 0 Å². The van der Waals surface area contributed by atoms with E-state index in [1.165, 1.54) is 9.58 Å². The topological polar surface area (TPSA) is 36.3 Å². The average molecular weight is 497 g/mol. The van der Waals surface area contributed by atoms with Gasteiger partial charge in [0.1, 0.15) is 18.1 Å². The molecule has 1 aromatic heterocycles. The molecule has 0 saturated carbocycles. The average Bonchev–Trinajstić information content (AvgIpc) is 3.15. The quantitative estimate of drug-likeness (QED) is 0.224. The number of nitrogens with zero attached hydrogens (tertiary/aromatic N) is 2. The first kappa shape index (κ1) is 24.2. The number of aryl methyl sites for hydroxylation is 1. The molecule has 0 fully saturated rings. The van der Waals surface area contributed by atoms with Crippen molar-refractivity contribution in [1.82, 2.24) is 9.78 Å². The molecule has 3 aromatic carbocycles. The van der Waals surface area contributed by atoms with E-state index in [2.05, 4.69) is 23.5 Å². The molecule has 0 saturated heterocycles. The van der Waals surface area contributed by atoms with Gasteiger partial charge in [0.05, 0.1) is 18.2 Å². The van der Waals surface area contributed by atoms with E-state index in [-0.39, 0.29) is 18.2 Å². The number of aromatic nitrogens is 2. The van der Waals surface area contributed by atoms with Gasteiger partial charge >= 0.3 is 0 Å². The summed E-state index contributed by atoms with van der Waals surface area (Å²) in [6.07, 6.45) is 2.05. The Kier molecular flexibility index (Phi) is 7.80. The van der Waals surface area contributed by atoms with Gasteiger partial charge in [-0.05, 0) is 55.5 Å². The minimum Gasteiger partial charge on any atom is -0.490 e. The molecule has 0 bridgehead atoms. The van der Waals surface area contributed by atoms with Gasteiger partial charge < -0.3 is 9.47 Å². The summed E-state index contributed by atoms with van der Waals surface area (Å²) in [4.78, 5) is 1.18. The third kappa shape index (κ3) is 5.24. The maximum atomic E-state index is 15.1. The monoisotopic (exact) mass is 496 g/mol. The molecule has 0 spiro atoms. The van der Waals surface area contributed by atoms with Gasteiger partial charge in [-0.2, -0.15) is 9.49 Å². The van der Waals surface area contributed by atoms with E-state index >= 15 is 4.39 Å². The summed E-state index contributed by atoms with van der Waals surface area (Å²) in [6, 6.07) is 21.5. The first-order valence-corrected chi connectivity index (χ1v) is 12.6. The zero-order valence-electron chi connectivity index (χ0n) is 19.3. The number of ether oxygens (including phenoxy) is 2. The van der Waals surface area contributed by atoms with E-state index in [1.807, 2.05) is 68.4 Å². The van der Waals surface area contributed by atoms with Gasteiger partial charge in [-0.3, -0.25) is 0 Å². The van der Waals surface area contributed by atoms with Crippen LogP contribution in [0, 0.1) is 12.7 Å². The van der Waals surface area contributed by atoms with Gasteiger partial charge in [0.15, 0.2) is 0 Å². The summed E-state index contributed by atoms with van der Waals surface area (Å²) >= 11 is 8.22. The van der Waals surface area contributed by atoms with Crippen LogP contribution in [0.1, 0.15) is 12.5 Å². The van der Waals surface area contributed by atoms with Crippen LogP contribution in [-0.2, 0) is 6.54 Å². The molecule has 0 aliphatic carbocycles. The lowest BCUT2D eigenvalue weighted by molar-refractivity contribution is 0.253. The number of hydrogen-bond donors (Lipinski definition) is 0. The largest absolute Gasteiger partial charge is 0.490 e. The number of hydrogen-bond acceptors (Lipinski definition) is 4. The zero-order chi connectivity index (χ0) is 24.1. The standard InChI is InChI=1S/C27H26ClFN2O2S/c1-4-32-27-25(29)26(20-9-7-8-18(2)16-20)30-31(27)14-15-33-23-13-12-19(17-22(23)28)21-10-5-6-11-24(21)34-3/h5-13,16-17H,4,14-15H2,1-3H3. The van der Waals surface area contributed by atoms with E-state index < -0.39 is 5.82 Å². The lowest BCUT2D eigenvalue weighted by Gasteiger charge is -2.12. The van der Waals surface area contributed by atoms with Crippen molar-refractivity contribution in [2.75, 3.05) is 19.5 Å². The molecule has 0 amide bonds. The Bertz CT molecular complexity index is 1290. The molecule has 0 atom stereocenters. The fourth-order valence-corrected chi connectivity index (χ4v) is 4.59. The lowest BCUT2D eigenvalue weighted by Crippen LogP contribution is -2.12. The molecule has 0 radical (unpaired) electrons. The molecule has 1 heterocycles. The Morgan fingerprint density at radius 2 is 1.82 bits per heavy atom. The summed E-state index contributed by atoms with van der Waals surface area (Å²) in [5.74, 6) is 0.205. The van der Waals surface area contributed by atoms with E-state index in [4.69, 9.17) is 21.1 Å². The first-order valence-electron chi connectivity index (χ1n) is 11.0. The van der Waals surface area contributed by atoms with Crippen molar-refractivity contribution in [3.8, 4) is 34.0 Å². The number of thioether (sulfide) groups is 1. The van der Waals surface area contributed by atoms with Gasteiger partial charge in [0.25, 0.3) is 0 Å². The van der Waals surface area contributed by atoms with Gasteiger partial charge in [-0.25, -0.2) is 4.68 Å². The zero-order valence-corrected chi connectivity index (χ0v) is 20.9. The molecule has 0 unspecified atom stereocenters. The van der Waals surface area contributed by atoms with E-state index in [1.54, 1.807) is 11.8 Å². The predicted octanol–water partition coefficient (Wildman–Crippen LogP) is 7.52. The number of halogens is 2. The van der Waals surface area contributed by atoms with Crippen LogP contribution in [0.25, 0.3) is 22.4 Å². The Morgan fingerprint density at radius 3 is 2.56 bits per heavy atom. The van der Waals surface area contributed by atoms with Gasteiger partial charge in [0, 0.05) is 10.5 Å². The van der Waals surface area contributed by atoms with Crippen molar-refractivity contribution < 1.29 is 13.9 Å². The minimum atomic E-state index is -0.470. The summed E-state index contributed by atoms with van der Waals surface area (Å²) in [7, 11) is 0. The fraction of sp³-hybridized carbons (Fsp3) is 0.222. The number of rotatable bonds is 9. The Hall–Kier alpha value is -2.96. The molecule has 176 valence electrons. The third-order valence-corrected chi connectivity index (χ3v) is 6.43. The van der Waals surface area contributed by atoms with Crippen LogP contribution < -0.4 is 9.47 Å². The Balaban J connectivity index is 1.50. The number of benzene rings is 3. The van der Waals surface area contributed by atoms with Crippen LogP contribution in [0.4, 0.5) is 4.39 Å². The molecule has 0 aliphatic heterocycles. The molecule has 4 nitrogen and oxygen atoms in total. The molecule has 4 aromatic rings. The van der Waals surface area contributed by atoms with Crippen LogP contribution in [0.3, 0.4) is 0 Å². The van der Waals surface area contributed by atoms with Crippen molar-refractivity contribution >= 4 is 23.4 Å². The lowest BCUT2D eigenvalue weighted by atomic mass is 10.1. The molecule has 0 aliphatic rings. The van der Waals surface area contributed by atoms with E-state index in [0.717, 1.165) is 16.7 Å². The highest BCUT2D eigenvalue weighted by atomic mass is 35.5. The molecule has 34 heavy (non-hydrogen) atoms. The minimum absolute atomic E-state index is 0.109. The summed E-state index contributed by atoms with van der Waals surface area (Å²) < 4.78 is 28.1. The highest BCUT2D eigenvalue weighted by Gasteiger charge is 2.21. The predicted molar refractivity (Wildman–Crippen MR) is 138 cm³/mol. The summed E-state index contributed by atoms with van der Waals surface area (Å²) in [5, 5.41) is 4.99. The van der Waals surface area contributed by atoms with Crippen molar-refractivity contribution in [2.45, 2.75) is 25.3 Å². The second-order valence-electron chi connectivity index (χ2n) is 7.69. The van der Waals surface area contributed by atoms with Gasteiger partial charge in [-0.15, -0.1) is 11.8 Å². The second-order valence-corrected chi connectivity index (χ2v) is 8.94. The van der Waals surface area contributed by atoms with Crippen LogP contribution >= 0.6 is 23.4 Å². The Labute approximate surface area is 208 Å². The molecular weight excluding hydrogens is 471 g/mol. The van der Waals surface area contributed by atoms with Crippen LogP contribution in [0.5, 0.6) is 11.6 Å². The summed E-state index contributed by atoms with van der Waals surface area (Å²) in [5.41, 5.74) is 4.16. The van der Waals surface area contributed by atoms with Crippen LogP contribution in [0.2, 0.25) is 5.02 Å². The molecular formula is C27H26ClFN2O2S. The smallest absolute Gasteiger partial charge is 0.249 e. The Morgan fingerprint density at radius 1 is 1.00 bits per heavy atom. The van der Waals surface area contributed by atoms with Crippen molar-refractivity contribution in [3.63, 3.8) is 0 Å². The third-order valence-electron chi connectivity index (χ3n) is 5.33. The first-order chi connectivity index (χ1) is 16.5. The highest BCUT2D eigenvalue weighted by molar-refractivity contribution is 7.98. The maximum absolute atomic E-state index is 15.1. The fourth-order valence-electron chi connectivity index (χ4n) is 3.74. The second kappa shape index (κ2) is 11.0.